The highest BCUT2D eigenvalue weighted by molar-refractivity contribution is 7.89. The highest BCUT2D eigenvalue weighted by Crippen LogP contribution is 2.32. The van der Waals surface area contributed by atoms with Gasteiger partial charge in [-0.3, -0.25) is 0 Å². The molecule has 326 valence electrons. The minimum Gasteiger partial charge on any atom is -0.423 e. The number of hydrogen-bond donors (Lipinski definition) is 5. The lowest BCUT2D eigenvalue weighted by Gasteiger charge is -2.15. The van der Waals surface area contributed by atoms with Crippen LogP contribution in [-0.4, -0.2) is 101 Å². The largest absolute Gasteiger partial charge is 0.573 e. The van der Waals surface area contributed by atoms with Gasteiger partial charge < -0.3 is 25.3 Å². The van der Waals surface area contributed by atoms with Crippen LogP contribution in [0.15, 0.2) is 94.7 Å². The average molecular weight is 902 g/mol. The Morgan fingerprint density at radius 1 is 0.672 bits per heavy atom. The summed E-state index contributed by atoms with van der Waals surface area (Å²) in [5.41, 5.74) is 7.37. The standard InChI is InChI=1S/C17H16F3N5O3S.C9H12N6O2S.C7H6BF3O3/c1-21-29(26,27)13-8-7-11(14(10-13)16-22-24-25(2)23-16)9-12-5-3-4-6-15(12)28-17(18,19)20;1-11-18(16,17)6-3-4-8(10)7(5-6)9-12-14-15(2)13-9;9-7(10,11)14-6-4-2-1-3-5(6)8(12)13/h3-8,10,21H,9H2,1-2H3;3-5,11H,10H2,1-2H3;1-4,12-13H. The van der Waals surface area contributed by atoms with Gasteiger partial charge in [-0.05, 0) is 78.1 Å². The first-order valence-corrected chi connectivity index (χ1v) is 19.8. The number of tetrazole rings is 2. The third-order valence-electron chi connectivity index (χ3n) is 7.76. The van der Waals surface area contributed by atoms with Crippen molar-refractivity contribution in [1.82, 2.24) is 49.9 Å². The van der Waals surface area contributed by atoms with Gasteiger partial charge in [-0.15, -0.1) is 46.7 Å². The molecule has 0 amide bonds. The molecule has 4 aromatic carbocycles. The van der Waals surface area contributed by atoms with Crippen LogP contribution in [0, 0.1) is 0 Å². The van der Waals surface area contributed by atoms with Crippen LogP contribution < -0.4 is 30.1 Å². The first-order valence-electron chi connectivity index (χ1n) is 16.9. The summed E-state index contributed by atoms with van der Waals surface area (Å²) in [6.07, 6.45) is -9.65. The highest BCUT2D eigenvalue weighted by atomic mass is 32.2. The Labute approximate surface area is 343 Å². The Kier molecular flexibility index (Phi) is 15.1. The van der Waals surface area contributed by atoms with Gasteiger partial charge in [0.15, 0.2) is 0 Å². The number of rotatable bonds is 11. The lowest BCUT2D eigenvalue weighted by Crippen LogP contribution is -2.33. The van der Waals surface area contributed by atoms with Gasteiger partial charge in [0.1, 0.15) is 11.5 Å². The zero-order valence-corrected chi connectivity index (χ0v) is 33.6. The highest BCUT2D eigenvalue weighted by Gasteiger charge is 2.34. The molecule has 0 aliphatic carbocycles. The van der Waals surface area contributed by atoms with E-state index in [1.165, 1.54) is 97.5 Å². The summed E-state index contributed by atoms with van der Waals surface area (Å²) in [4.78, 5) is 2.53. The van der Waals surface area contributed by atoms with E-state index in [1.54, 1.807) is 13.1 Å². The Morgan fingerprint density at radius 2 is 1.13 bits per heavy atom. The molecule has 19 nitrogen and oxygen atoms in total. The number of para-hydroxylation sites is 2. The zero-order valence-electron chi connectivity index (χ0n) is 32.0. The van der Waals surface area contributed by atoms with Gasteiger partial charge in [0, 0.05) is 28.7 Å². The normalized spacial score (nSPS) is 11.8. The second-order valence-electron chi connectivity index (χ2n) is 12.0. The van der Waals surface area contributed by atoms with Crippen molar-refractivity contribution in [2.45, 2.75) is 28.9 Å². The van der Waals surface area contributed by atoms with E-state index < -0.39 is 45.6 Å². The lowest BCUT2D eigenvalue weighted by atomic mass is 9.80. The number of hydrogen-bond acceptors (Lipinski definition) is 15. The zero-order chi connectivity index (χ0) is 45.3. The van der Waals surface area contributed by atoms with Crippen LogP contribution in [0.2, 0.25) is 0 Å². The molecular weight excluding hydrogens is 867 g/mol. The van der Waals surface area contributed by atoms with E-state index in [2.05, 4.69) is 49.7 Å². The number of sulfonamides is 2. The fraction of sp³-hybridized carbons (Fsp3) is 0.212. The SMILES string of the molecule is CNS(=O)(=O)c1ccc(Cc2ccccc2OC(F)(F)F)c(-c2nnn(C)n2)c1.CNS(=O)(=O)c1ccc(N)c(-c2nnn(C)n2)c1.OB(O)c1ccccc1OC(F)(F)F. The number of halogens is 6. The van der Waals surface area contributed by atoms with Crippen LogP contribution in [0.1, 0.15) is 11.1 Å². The van der Waals surface area contributed by atoms with Crippen molar-refractivity contribution >= 4 is 38.3 Å². The number of nitrogen functional groups attached to an aromatic ring is 1. The number of aryl methyl sites for hydroxylation is 2. The van der Waals surface area contributed by atoms with Crippen molar-refractivity contribution in [1.29, 1.82) is 0 Å². The minimum absolute atomic E-state index is 0.0275. The number of alkyl halides is 6. The molecule has 6 N–H and O–H groups in total. The topological polar surface area (TPSA) is 264 Å². The van der Waals surface area contributed by atoms with Crippen molar-refractivity contribution in [3.8, 4) is 34.3 Å². The molecular formula is C33H34BF6N11O8S2. The molecule has 61 heavy (non-hydrogen) atoms. The van der Waals surface area contributed by atoms with Crippen LogP contribution in [0.3, 0.4) is 0 Å². The third kappa shape index (κ3) is 13.4. The quantitative estimate of drug-likeness (QED) is 0.0707. The molecule has 6 rings (SSSR count). The second kappa shape index (κ2) is 19.5. The fourth-order valence-electron chi connectivity index (χ4n) is 4.99. The molecule has 0 aliphatic rings. The Bertz CT molecular complexity index is 2670. The van der Waals surface area contributed by atoms with E-state index in [9.17, 15) is 43.2 Å². The minimum atomic E-state index is -4.84. The van der Waals surface area contributed by atoms with E-state index in [-0.39, 0.29) is 44.6 Å². The van der Waals surface area contributed by atoms with E-state index >= 15 is 0 Å². The predicted molar refractivity (Wildman–Crippen MR) is 204 cm³/mol. The molecule has 0 saturated heterocycles. The van der Waals surface area contributed by atoms with Crippen LogP contribution >= 0.6 is 0 Å². The number of benzene rings is 4. The van der Waals surface area contributed by atoms with Gasteiger partial charge in [-0.25, -0.2) is 26.3 Å². The first kappa shape index (κ1) is 47.5. The Morgan fingerprint density at radius 3 is 1.62 bits per heavy atom. The Balaban J connectivity index is 0.000000219. The fourth-order valence-corrected chi connectivity index (χ4v) is 6.50. The third-order valence-corrected chi connectivity index (χ3v) is 10.6. The van der Waals surface area contributed by atoms with E-state index in [4.69, 9.17) is 15.8 Å². The predicted octanol–water partition coefficient (Wildman–Crippen LogP) is 1.91. The molecule has 2 heterocycles. The van der Waals surface area contributed by atoms with Crippen LogP contribution in [0.4, 0.5) is 32.0 Å². The summed E-state index contributed by atoms with van der Waals surface area (Å²) in [5, 5.41) is 40.6. The molecule has 0 saturated carbocycles. The van der Waals surface area contributed by atoms with Gasteiger partial charge in [0.25, 0.3) is 0 Å². The number of aromatic nitrogens is 8. The average Bonchev–Trinajstić information content (AvgIpc) is 3.83. The molecule has 0 unspecified atom stereocenters. The summed E-state index contributed by atoms with van der Waals surface area (Å²) in [6.45, 7) is 0. The molecule has 0 radical (unpaired) electrons. The van der Waals surface area contributed by atoms with Crippen molar-refractivity contribution in [3.05, 3.63) is 96.1 Å². The maximum Gasteiger partial charge on any atom is 0.573 e. The van der Waals surface area contributed by atoms with Crippen LogP contribution in [0.25, 0.3) is 22.8 Å². The molecule has 0 bridgehead atoms. The molecule has 28 heteroatoms. The summed E-state index contributed by atoms with van der Waals surface area (Å²) >= 11 is 0. The molecule has 6 aromatic rings. The molecule has 0 aliphatic heterocycles. The van der Waals surface area contributed by atoms with Crippen molar-refractivity contribution < 1.29 is 62.7 Å². The van der Waals surface area contributed by atoms with Gasteiger partial charge in [0.2, 0.25) is 31.7 Å². The monoisotopic (exact) mass is 901 g/mol. The first-order chi connectivity index (χ1) is 28.4. The van der Waals surface area contributed by atoms with E-state index in [0.717, 1.165) is 12.1 Å². The van der Waals surface area contributed by atoms with Crippen molar-refractivity contribution in [3.63, 3.8) is 0 Å². The molecule has 0 spiro atoms. The van der Waals surface area contributed by atoms with Crippen LogP contribution in [-0.2, 0) is 40.6 Å². The van der Waals surface area contributed by atoms with Gasteiger partial charge in [0.05, 0.1) is 23.9 Å². The Hall–Kier alpha value is -6.20. The van der Waals surface area contributed by atoms with Crippen molar-refractivity contribution in [2.24, 2.45) is 14.1 Å². The maximum atomic E-state index is 12.7. The number of anilines is 1. The van der Waals surface area contributed by atoms with Crippen LogP contribution in [0.5, 0.6) is 11.5 Å². The van der Waals surface area contributed by atoms with E-state index in [0.29, 0.717) is 22.4 Å². The molecule has 0 fully saturated rings. The van der Waals surface area contributed by atoms with Gasteiger partial charge in [-0.1, -0.05) is 42.5 Å². The molecule has 2 aromatic heterocycles. The summed E-state index contributed by atoms with van der Waals surface area (Å²) < 4.78 is 133. The maximum absolute atomic E-state index is 12.7. The molecule has 0 atom stereocenters. The summed E-state index contributed by atoms with van der Waals surface area (Å²) in [6, 6.07) is 19.1. The van der Waals surface area contributed by atoms with E-state index in [1.807, 2.05) is 0 Å². The number of ether oxygens (including phenoxy) is 2. The smallest absolute Gasteiger partial charge is 0.423 e. The number of nitrogens with zero attached hydrogens (tertiary/aromatic N) is 8. The number of nitrogens with two attached hydrogens (primary N) is 1. The van der Waals surface area contributed by atoms with Gasteiger partial charge in [-0.2, -0.15) is 9.59 Å². The van der Waals surface area contributed by atoms with Gasteiger partial charge >= 0.3 is 19.8 Å². The van der Waals surface area contributed by atoms with Crippen molar-refractivity contribution in [2.75, 3.05) is 19.8 Å². The lowest BCUT2D eigenvalue weighted by molar-refractivity contribution is -0.275. The number of nitrogens with one attached hydrogen (secondary N) is 2. The summed E-state index contributed by atoms with van der Waals surface area (Å²) in [7, 11) is -3.51. The summed E-state index contributed by atoms with van der Waals surface area (Å²) in [5.74, 6) is -0.534. The second-order valence-corrected chi connectivity index (χ2v) is 15.8.